The molecule has 0 aromatic heterocycles. The van der Waals surface area contributed by atoms with Gasteiger partial charge in [0.05, 0.1) is 0 Å². The number of Topliss-reactive ketones (excluding diaryl/α,β-unsaturated/α-hetero) is 2. The highest BCUT2D eigenvalue weighted by molar-refractivity contribution is 6.20. The molecule has 0 heterocycles. The number of hydrogen-bond acceptors (Lipinski definition) is 2. The fourth-order valence-corrected chi connectivity index (χ4v) is 5.69. The maximum atomic E-state index is 12.6. The van der Waals surface area contributed by atoms with Gasteiger partial charge < -0.3 is 0 Å². The highest BCUT2D eigenvalue weighted by atomic mass is 16.1. The molecule has 6 rings (SSSR count). The van der Waals surface area contributed by atoms with Crippen molar-refractivity contribution in [2.75, 3.05) is 0 Å². The van der Waals surface area contributed by atoms with Gasteiger partial charge in [-0.3, -0.25) is 9.59 Å². The fraction of sp³-hybridized carbons (Fsp3) is 0.214. The van der Waals surface area contributed by atoms with Crippen molar-refractivity contribution < 1.29 is 9.59 Å². The van der Waals surface area contributed by atoms with Crippen molar-refractivity contribution >= 4 is 33.1 Å². The average molecular weight is 390 g/mol. The van der Waals surface area contributed by atoms with Crippen LogP contribution in [0.2, 0.25) is 0 Å². The van der Waals surface area contributed by atoms with E-state index in [0.717, 1.165) is 58.7 Å². The van der Waals surface area contributed by atoms with Crippen molar-refractivity contribution in [3.63, 3.8) is 0 Å². The van der Waals surface area contributed by atoms with Gasteiger partial charge >= 0.3 is 0 Å². The van der Waals surface area contributed by atoms with Gasteiger partial charge in [-0.15, -0.1) is 0 Å². The summed E-state index contributed by atoms with van der Waals surface area (Å²) in [6.07, 6.45) is 4.10. The van der Waals surface area contributed by atoms with Crippen molar-refractivity contribution in [1.29, 1.82) is 0 Å². The van der Waals surface area contributed by atoms with E-state index in [4.69, 9.17) is 0 Å². The summed E-state index contributed by atoms with van der Waals surface area (Å²) in [7, 11) is 0. The van der Waals surface area contributed by atoms with E-state index in [1.165, 1.54) is 33.0 Å². The van der Waals surface area contributed by atoms with E-state index in [-0.39, 0.29) is 11.6 Å². The Morgan fingerprint density at radius 2 is 0.833 bits per heavy atom. The van der Waals surface area contributed by atoms with Crippen LogP contribution >= 0.6 is 0 Å². The van der Waals surface area contributed by atoms with Gasteiger partial charge in [-0.25, -0.2) is 0 Å². The quantitative estimate of drug-likeness (QED) is 0.387. The lowest BCUT2D eigenvalue weighted by Crippen LogP contribution is -2.00. The minimum atomic E-state index is 0.0876. The van der Waals surface area contributed by atoms with E-state index >= 15 is 0 Å². The minimum absolute atomic E-state index is 0.0876. The number of aryl methyl sites for hydroxylation is 4. The maximum Gasteiger partial charge on any atom is 0.160 e. The maximum absolute atomic E-state index is 12.6. The van der Waals surface area contributed by atoms with Crippen LogP contribution in [0.5, 0.6) is 0 Å². The van der Waals surface area contributed by atoms with Gasteiger partial charge in [0.15, 0.2) is 11.6 Å². The highest BCUT2D eigenvalue weighted by Gasteiger charge is 2.25. The fourth-order valence-electron chi connectivity index (χ4n) is 5.69. The predicted octanol–water partition coefficient (Wildman–Crippen LogP) is 6.26. The molecule has 2 aliphatic rings. The summed E-state index contributed by atoms with van der Waals surface area (Å²) >= 11 is 0. The lowest BCUT2D eigenvalue weighted by atomic mass is 9.86. The van der Waals surface area contributed by atoms with Crippen molar-refractivity contribution in [2.45, 2.75) is 39.5 Å². The van der Waals surface area contributed by atoms with Crippen LogP contribution in [-0.4, -0.2) is 11.6 Å². The molecule has 0 spiro atoms. The summed E-state index contributed by atoms with van der Waals surface area (Å²) in [5.74, 6) is 0.175. The number of ketones is 2. The molecule has 146 valence electrons. The first kappa shape index (κ1) is 17.6. The molecule has 4 aromatic rings. The van der Waals surface area contributed by atoms with Crippen molar-refractivity contribution in [2.24, 2.45) is 0 Å². The van der Waals surface area contributed by atoms with E-state index in [0.29, 0.717) is 0 Å². The van der Waals surface area contributed by atoms with Crippen molar-refractivity contribution in [3.05, 3.63) is 81.9 Å². The molecule has 0 N–H and O–H groups in total. The van der Waals surface area contributed by atoms with Gasteiger partial charge in [0, 0.05) is 21.9 Å². The monoisotopic (exact) mass is 390 g/mol. The van der Waals surface area contributed by atoms with Crippen LogP contribution in [0.1, 0.15) is 56.8 Å². The number of carbonyl (C=O) groups is 2. The molecular formula is C28H22O2. The molecule has 0 saturated heterocycles. The zero-order valence-corrected chi connectivity index (χ0v) is 17.3. The molecule has 4 aromatic carbocycles. The SMILES string of the molecule is CC(=O)c1ccc2c3c(ccc(-c4ccc5c6c(ccc(C(C)=O)c46)CC5)c13)CC2. The molecule has 0 radical (unpaired) electrons. The lowest BCUT2D eigenvalue weighted by Gasteiger charge is -2.17. The van der Waals surface area contributed by atoms with E-state index in [1.807, 2.05) is 12.1 Å². The normalized spacial score (nSPS) is 14.1. The van der Waals surface area contributed by atoms with E-state index in [9.17, 15) is 9.59 Å². The zero-order valence-electron chi connectivity index (χ0n) is 17.3. The summed E-state index contributed by atoms with van der Waals surface area (Å²) in [5.41, 5.74) is 8.99. The number of rotatable bonds is 3. The number of carbonyl (C=O) groups excluding carboxylic acids is 2. The zero-order chi connectivity index (χ0) is 20.6. The molecule has 0 fully saturated rings. The molecule has 0 atom stereocenters. The topological polar surface area (TPSA) is 34.1 Å². The summed E-state index contributed by atoms with van der Waals surface area (Å²) < 4.78 is 0. The number of benzene rings is 4. The van der Waals surface area contributed by atoms with E-state index in [1.54, 1.807) is 13.8 Å². The van der Waals surface area contributed by atoms with E-state index < -0.39 is 0 Å². The number of hydrogen-bond donors (Lipinski definition) is 0. The largest absolute Gasteiger partial charge is 0.294 e. The van der Waals surface area contributed by atoms with Crippen molar-refractivity contribution in [1.82, 2.24) is 0 Å². The smallest absolute Gasteiger partial charge is 0.160 e. The van der Waals surface area contributed by atoms with Crippen LogP contribution in [0, 0.1) is 0 Å². The second kappa shape index (κ2) is 6.12. The predicted molar refractivity (Wildman–Crippen MR) is 122 cm³/mol. The second-order valence-electron chi connectivity index (χ2n) is 8.70. The molecular weight excluding hydrogens is 368 g/mol. The summed E-state index contributed by atoms with van der Waals surface area (Å²) in [6, 6.07) is 17.0. The Morgan fingerprint density at radius 1 is 0.500 bits per heavy atom. The third-order valence-corrected chi connectivity index (χ3v) is 7.04. The molecule has 0 amide bonds. The molecule has 0 unspecified atom stereocenters. The Kier molecular flexibility index (Phi) is 3.59. The molecule has 0 aliphatic heterocycles. The third kappa shape index (κ3) is 2.25. The van der Waals surface area contributed by atoms with Crippen LogP contribution in [-0.2, 0) is 25.7 Å². The van der Waals surface area contributed by atoms with Gasteiger partial charge in [-0.1, -0.05) is 48.5 Å². The summed E-state index contributed by atoms with van der Waals surface area (Å²) in [5, 5.41) is 4.60. The van der Waals surface area contributed by atoms with Gasteiger partial charge in [-0.2, -0.15) is 0 Å². The highest BCUT2D eigenvalue weighted by Crippen LogP contribution is 2.44. The Morgan fingerprint density at radius 3 is 1.17 bits per heavy atom. The first-order chi connectivity index (χ1) is 14.5. The first-order valence-corrected chi connectivity index (χ1v) is 10.7. The van der Waals surface area contributed by atoms with Gasteiger partial charge in [0.2, 0.25) is 0 Å². The van der Waals surface area contributed by atoms with Crippen molar-refractivity contribution in [3.8, 4) is 11.1 Å². The van der Waals surface area contributed by atoms with Crippen LogP contribution in [0.3, 0.4) is 0 Å². The van der Waals surface area contributed by atoms with Gasteiger partial charge in [0.25, 0.3) is 0 Å². The van der Waals surface area contributed by atoms with Crippen LogP contribution in [0.15, 0.2) is 48.5 Å². The summed E-state index contributed by atoms with van der Waals surface area (Å²) in [6.45, 7) is 3.30. The molecule has 2 nitrogen and oxygen atoms in total. The molecule has 2 heteroatoms. The summed E-state index contributed by atoms with van der Waals surface area (Å²) in [4.78, 5) is 25.2. The van der Waals surface area contributed by atoms with Crippen LogP contribution < -0.4 is 0 Å². The van der Waals surface area contributed by atoms with E-state index in [2.05, 4.69) is 36.4 Å². The molecule has 30 heavy (non-hydrogen) atoms. The second-order valence-corrected chi connectivity index (χ2v) is 8.70. The Balaban J connectivity index is 1.81. The lowest BCUT2D eigenvalue weighted by molar-refractivity contribution is 0.101. The average Bonchev–Trinajstić information content (AvgIpc) is 3.35. The first-order valence-electron chi connectivity index (χ1n) is 10.7. The van der Waals surface area contributed by atoms with Gasteiger partial charge in [0.1, 0.15) is 0 Å². The van der Waals surface area contributed by atoms with Crippen LogP contribution in [0.25, 0.3) is 32.7 Å². The van der Waals surface area contributed by atoms with Gasteiger partial charge in [-0.05, 0) is 83.7 Å². The standard InChI is InChI=1S/C28H22O2/c1-15(29)21-11-7-17-3-5-19-9-13-23(27(21)25(17)19)24-14-10-20-6-4-18-8-12-22(16(2)30)28(24)26(18)20/h7-14H,3-6H2,1-2H3. The Hall–Kier alpha value is -3.26. The Bertz CT molecular complexity index is 1310. The third-order valence-electron chi connectivity index (χ3n) is 7.04. The minimum Gasteiger partial charge on any atom is -0.294 e. The Labute approximate surface area is 175 Å². The van der Waals surface area contributed by atoms with Crippen LogP contribution in [0.4, 0.5) is 0 Å². The molecule has 0 bridgehead atoms. The molecule has 0 saturated carbocycles. The molecule has 2 aliphatic carbocycles.